The van der Waals surface area contributed by atoms with Crippen LogP contribution in [-0.2, 0) is 11.8 Å². The van der Waals surface area contributed by atoms with E-state index in [1.165, 1.54) is 128 Å². The molecule has 0 spiro atoms. The lowest BCUT2D eigenvalue weighted by atomic mass is 9.69. The molecule has 5 aromatic carbocycles. The summed E-state index contributed by atoms with van der Waals surface area (Å²) in [5.74, 6) is 0. The molecule has 0 N–H and O–H groups in total. The van der Waals surface area contributed by atoms with Crippen LogP contribution in [0, 0.1) is 0 Å². The molecular formula is C48H58ClP. The monoisotopic (exact) mass is 700 g/mol. The van der Waals surface area contributed by atoms with Crippen molar-refractivity contribution in [1.29, 1.82) is 0 Å². The molecule has 6 rings (SSSR count). The molecule has 1 aliphatic carbocycles. The van der Waals surface area contributed by atoms with Gasteiger partial charge in [-0.1, -0.05) is 218 Å². The topological polar surface area (TPSA) is 0 Å². The predicted molar refractivity (Wildman–Crippen MR) is 224 cm³/mol. The van der Waals surface area contributed by atoms with E-state index in [0.717, 1.165) is 6.42 Å². The average Bonchev–Trinajstić information content (AvgIpc) is 3.43. The van der Waals surface area contributed by atoms with E-state index in [-0.39, 0.29) is 17.8 Å². The summed E-state index contributed by atoms with van der Waals surface area (Å²) in [5.41, 5.74) is 9.33. The second-order valence-corrected chi connectivity index (χ2v) is 16.5. The Morgan fingerprint density at radius 2 is 0.920 bits per heavy atom. The first-order valence-corrected chi connectivity index (χ1v) is 20.8. The Labute approximate surface area is 311 Å². The van der Waals surface area contributed by atoms with Gasteiger partial charge < -0.3 is 0 Å². The van der Waals surface area contributed by atoms with Gasteiger partial charge in [0.15, 0.2) is 0 Å². The number of fused-ring (bicyclic) bond motifs is 3. The third kappa shape index (κ3) is 8.81. The molecule has 0 saturated carbocycles. The molecule has 50 heavy (non-hydrogen) atoms. The Morgan fingerprint density at radius 3 is 1.54 bits per heavy atom. The van der Waals surface area contributed by atoms with E-state index in [1.54, 1.807) is 11.1 Å². The van der Waals surface area contributed by atoms with Gasteiger partial charge in [-0.05, 0) is 76.5 Å². The third-order valence-electron chi connectivity index (χ3n) is 10.9. The van der Waals surface area contributed by atoms with Gasteiger partial charge in [-0.15, -0.1) is 12.4 Å². The van der Waals surface area contributed by atoms with Crippen molar-refractivity contribution >= 4 is 36.2 Å². The zero-order valence-electron chi connectivity index (χ0n) is 30.6. The molecule has 0 unspecified atom stereocenters. The predicted octanol–water partition coefficient (Wildman–Crippen LogP) is 13.2. The van der Waals surface area contributed by atoms with Gasteiger partial charge in [0.2, 0.25) is 0 Å². The van der Waals surface area contributed by atoms with Crippen molar-refractivity contribution in [3.63, 3.8) is 0 Å². The van der Waals surface area contributed by atoms with Crippen molar-refractivity contribution in [2.45, 2.75) is 116 Å². The maximum absolute atomic E-state index is 2.49. The van der Waals surface area contributed by atoms with Crippen molar-refractivity contribution in [2.24, 2.45) is 0 Å². The first kappa shape index (κ1) is 38.1. The van der Waals surface area contributed by atoms with Gasteiger partial charge in [0.05, 0.1) is 0 Å². The number of rotatable bonds is 19. The highest BCUT2D eigenvalue weighted by molar-refractivity contribution is 7.79. The number of hydrogen-bond acceptors (Lipinski definition) is 0. The summed E-state index contributed by atoms with van der Waals surface area (Å²) >= 11 is 0. The molecule has 5 aromatic rings. The fraction of sp³-hybridized carbons (Fsp3) is 0.375. The van der Waals surface area contributed by atoms with Crippen LogP contribution in [0.5, 0.6) is 0 Å². The van der Waals surface area contributed by atoms with E-state index in [1.807, 2.05) is 0 Å². The van der Waals surface area contributed by atoms with Crippen molar-refractivity contribution in [1.82, 2.24) is 0 Å². The Hall–Kier alpha value is -3.18. The standard InChI is InChI=1S/C48H57P.ClH/c1-3-5-7-9-11-23-36-48(37-24-12-10-8-6-4-2)45-34-21-20-32-43(45)44-33-25-27-40(47(44)48)38-39-26-19-22-35-46(39)49(41-28-15-13-16-29-41)42-30-17-14-18-31-42;/h13-22,25-35H,3-12,23-24,36-38H2,1-2H3;1H. The summed E-state index contributed by atoms with van der Waals surface area (Å²) in [6.45, 7) is 4.65. The van der Waals surface area contributed by atoms with Gasteiger partial charge in [-0.25, -0.2) is 0 Å². The fourth-order valence-corrected chi connectivity index (χ4v) is 11.0. The minimum absolute atomic E-state index is 0. The van der Waals surface area contributed by atoms with Gasteiger partial charge in [0.1, 0.15) is 0 Å². The second-order valence-electron chi connectivity index (χ2n) is 14.3. The van der Waals surface area contributed by atoms with Crippen LogP contribution in [0.4, 0.5) is 0 Å². The summed E-state index contributed by atoms with van der Waals surface area (Å²) in [4.78, 5) is 0. The van der Waals surface area contributed by atoms with Crippen molar-refractivity contribution in [3.05, 3.63) is 150 Å². The molecule has 0 aromatic heterocycles. The molecule has 0 fully saturated rings. The van der Waals surface area contributed by atoms with E-state index in [9.17, 15) is 0 Å². The second kappa shape index (κ2) is 19.4. The summed E-state index contributed by atoms with van der Waals surface area (Å²) in [7, 11) is -0.673. The smallest absolute Gasteiger partial charge is 0.0218 e. The molecule has 0 saturated heterocycles. The highest BCUT2D eigenvalue weighted by atomic mass is 35.5. The van der Waals surface area contributed by atoms with Gasteiger partial charge in [0.25, 0.3) is 0 Å². The van der Waals surface area contributed by atoms with Crippen LogP contribution in [0.3, 0.4) is 0 Å². The Kier molecular flexibility index (Phi) is 14.8. The minimum atomic E-state index is -0.673. The molecular weight excluding hydrogens is 643 g/mol. The maximum Gasteiger partial charge on any atom is 0.0218 e. The Morgan fingerprint density at radius 1 is 0.440 bits per heavy atom. The number of unbranched alkanes of at least 4 members (excludes halogenated alkanes) is 10. The maximum atomic E-state index is 2.49. The first-order valence-electron chi connectivity index (χ1n) is 19.5. The minimum Gasteiger partial charge on any atom is -0.147 e. The van der Waals surface area contributed by atoms with Gasteiger partial charge in [0, 0.05) is 5.41 Å². The van der Waals surface area contributed by atoms with Crippen molar-refractivity contribution in [2.75, 3.05) is 0 Å². The highest BCUT2D eigenvalue weighted by Gasteiger charge is 2.43. The Bertz CT molecular complexity index is 1670. The molecule has 0 atom stereocenters. The molecule has 1 aliphatic rings. The summed E-state index contributed by atoms with van der Waals surface area (Å²) in [6.07, 6.45) is 19.7. The van der Waals surface area contributed by atoms with Gasteiger partial charge in [-0.3, -0.25) is 0 Å². The van der Waals surface area contributed by atoms with Crippen LogP contribution < -0.4 is 15.9 Å². The summed E-state index contributed by atoms with van der Waals surface area (Å²) in [6, 6.07) is 48.5. The molecule has 2 heteroatoms. The summed E-state index contributed by atoms with van der Waals surface area (Å²) in [5, 5.41) is 4.32. The SMILES string of the molecule is CCCCCCCCC1(CCCCCCCC)c2ccccc2-c2cccc(Cc3ccccc3P(c3ccccc3)c3ccccc3)c21.Cl. The van der Waals surface area contributed by atoms with Gasteiger partial charge >= 0.3 is 0 Å². The third-order valence-corrected chi connectivity index (χ3v) is 13.5. The molecule has 262 valence electrons. The van der Waals surface area contributed by atoms with E-state index >= 15 is 0 Å². The quantitative estimate of drug-likeness (QED) is 0.0594. The van der Waals surface area contributed by atoms with Crippen molar-refractivity contribution in [3.8, 4) is 11.1 Å². The average molecular weight is 701 g/mol. The van der Waals surface area contributed by atoms with Crippen LogP contribution in [0.15, 0.2) is 127 Å². The van der Waals surface area contributed by atoms with Crippen molar-refractivity contribution < 1.29 is 0 Å². The number of hydrogen-bond donors (Lipinski definition) is 0. The van der Waals surface area contributed by atoms with Crippen LogP contribution >= 0.6 is 20.3 Å². The molecule has 0 nitrogen and oxygen atoms in total. The molecule has 0 aliphatic heterocycles. The number of halogens is 1. The molecule has 0 bridgehead atoms. The molecule has 0 amide bonds. The fourth-order valence-electron chi connectivity index (χ4n) is 8.53. The lowest BCUT2D eigenvalue weighted by Crippen LogP contribution is -2.28. The zero-order valence-corrected chi connectivity index (χ0v) is 32.3. The van der Waals surface area contributed by atoms with E-state index in [2.05, 4.69) is 141 Å². The lowest BCUT2D eigenvalue weighted by molar-refractivity contribution is 0.396. The van der Waals surface area contributed by atoms with Crippen LogP contribution in [0.1, 0.15) is 126 Å². The highest BCUT2D eigenvalue weighted by Crippen LogP contribution is 2.55. The van der Waals surface area contributed by atoms with Crippen LogP contribution in [0.25, 0.3) is 11.1 Å². The van der Waals surface area contributed by atoms with E-state index in [4.69, 9.17) is 0 Å². The lowest BCUT2D eigenvalue weighted by Gasteiger charge is -2.35. The van der Waals surface area contributed by atoms with E-state index in [0.29, 0.717) is 0 Å². The number of benzene rings is 5. The normalized spacial score (nSPS) is 12.8. The Balaban J connectivity index is 0.00000486. The van der Waals surface area contributed by atoms with Gasteiger partial charge in [-0.2, -0.15) is 0 Å². The zero-order chi connectivity index (χ0) is 33.7. The molecule has 0 heterocycles. The van der Waals surface area contributed by atoms with Crippen LogP contribution in [-0.4, -0.2) is 0 Å². The summed E-state index contributed by atoms with van der Waals surface area (Å²) < 4.78 is 0. The van der Waals surface area contributed by atoms with Crippen LogP contribution in [0.2, 0.25) is 0 Å². The van der Waals surface area contributed by atoms with E-state index < -0.39 is 7.92 Å². The molecule has 0 radical (unpaired) electrons. The largest absolute Gasteiger partial charge is 0.147 e. The first-order chi connectivity index (χ1) is 24.3.